The molecule has 2 aromatic heterocycles. The molecule has 120 valence electrons. The van der Waals surface area contributed by atoms with E-state index in [0.717, 1.165) is 12.2 Å². The summed E-state index contributed by atoms with van der Waals surface area (Å²) in [5, 5.41) is 12.2. The average molecular weight is 353 g/mol. The normalized spacial score (nSPS) is 11.1. The second kappa shape index (κ2) is 7.10. The SMILES string of the molecule is CCc1nc(SCc2ncnn2Cc2c(F)cccc2Cl)n[nH]1. The van der Waals surface area contributed by atoms with Crippen LogP contribution in [0.1, 0.15) is 24.1 Å². The Kier molecular flexibility index (Phi) is 4.92. The Bertz CT molecular complexity index is 782. The van der Waals surface area contributed by atoms with Crippen LogP contribution >= 0.6 is 23.4 Å². The molecule has 0 amide bonds. The van der Waals surface area contributed by atoms with Gasteiger partial charge >= 0.3 is 0 Å². The molecule has 0 aliphatic heterocycles. The van der Waals surface area contributed by atoms with E-state index in [-0.39, 0.29) is 12.4 Å². The van der Waals surface area contributed by atoms with Gasteiger partial charge in [0.15, 0.2) is 0 Å². The summed E-state index contributed by atoms with van der Waals surface area (Å²) in [6.07, 6.45) is 2.25. The first-order valence-corrected chi connectivity index (χ1v) is 8.37. The molecule has 0 bridgehead atoms. The van der Waals surface area contributed by atoms with Crippen LogP contribution in [0.15, 0.2) is 29.7 Å². The molecule has 0 saturated heterocycles. The third-order valence-electron chi connectivity index (χ3n) is 3.24. The van der Waals surface area contributed by atoms with Gasteiger partial charge in [0, 0.05) is 17.0 Å². The number of nitrogens with one attached hydrogen (secondary N) is 1. The lowest BCUT2D eigenvalue weighted by atomic mass is 10.2. The second-order valence-electron chi connectivity index (χ2n) is 4.74. The highest BCUT2D eigenvalue weighted by atomic mass is 35.5. The molecular formula is C14H14ClFN6S. The van der Waals surface area contributed by atoms with Crippen molar-refractivity contribution in [1.82, 2.24) is 29.9 Å². The van der Waals surface area contributed by atoms with Gasteiger partial charge in [0.2, 0.25) is 5.16 Å². The van der Waals surface area contributed by atoms with Crippen LogP contribution in [0.2, 0.25) is 5.02 Å². The van der Waals surface area contributed by atoms with Gasteiger partial charge in [-0.05, 0) is 12.1 Å². The monoisotopic (exact) mass is 352 g/mol. The lowest BCUT2D eigenvalue weighted by Crippen LogP contribution is -2.08. The zero-order valence-corrected chi connectivity index (χ0v) is 13.9. The molecule has 0 spiro atoms. The first-order valence-electron chi connectivity index (χ1n) is 7.01. The van der Waals surface area contributed by atoms with Crippen LogP contribution in [0.3, 0.4) is 0 Å². The Hall–Kier alpha value is -1.93. The van der Waals surface area contributed by atoms with E-state index in [4.69, 9.17) is 11.6 Å². The van der Waals surface area contributed by atoms with Crippen LogP contribution < -0.4 is 0 Å². The topological polar surface area (TPSA) is 72.3 Å². The van der Waals surface area contributed by atoms with Crippen molar-refractivity contribution < 1.29 is 4.39 Å². The quantitative estimate of drug-likeness (QED) is 0.690. The van der Waals surface area contributed by atoms with Crippen LogP contribution in [-0.2, 0) is 18.7 Å². The standard InChI is InChI=1S/C14H14ClFN6S/c1-2-12-19-14(21-20-12)23-7-13-17-8-18-22(13)6-9-10(15)4-3-5-11(9)16/h3-5,8H,2,6-7H2,1H3,(H,19,20,21). The lowest BCUT2D eigenvalue weighted by molar-refractivity contribution is 0.578. The molecule has 3 rings (SSSR count). The summed E-state index contributed by atoms with van der Waals surface area (Å²) in [7, 11) is 0. The zero-order chi connectivity index (χ0) is 16.2. The summed E-state index contributed by atoms with van der Waals surface area (Å²) in [6.45, 7) is 2.24. The molecule has 0 radical (unpaired) electrons. The highest BCUT2D eigenvalue weighted by Gasteiger charge is 2.12. The van der Waals surface area contributed by atoms with Gasteiger partial charge < -0.3 is 0 Å². The highest BCUT2D eigenvalue weighted by molar-refractivity contribution is 7.98. The minimum absolute atomic E-state index is 0.232. The summed E-state index contributed by atoms with van der Waals surface area (Å²) >= 11 is 7.50. The van der Waals surface area contributed by atoms with Gasteiger partial charge in [0.1, 0.15) is 23.8 Å². The Morgan fingerprint density at radius 2 is 2.26 bits per heavy atom. The molecule has 0 aliphatic rings. The Morgan fingerprint density at radius 3 is 3.00 bits per heavy atom. The number of halogens is 2. The lowest BCUT2D eigenvalue weighted by Gasteiger charge is -2.08. The fourth-order valence-electron chi connectivity index (χ4n) is 1.99. The summed E-state index contributed by atoms with van der Waals surface area (Å²) < 4.78 is 15.5. The van der Waals surface area contributed by atoms with Gasteiger partial charge in [-0.25, -0.2) is 19.0 Å². The second-order valence-corrected chi connectivity index (χ2v) is 6.09. The number of H-pyrrole nitrogens is 1. The summed E-state index contributed by atoms with van der Waals surface area (Å²) in [5.74, 6) is 1.73. The molecule has 23 heavy (non-hydrogen) atoms. The number of benzene rings is 1. The molecule has 0 saturated carbocycles. The molecule has 1 N–H and O–H groups in total. The van der Waals surface area contributed by atoms with Crippen molar-refractivity contribution in [3.05, 3.63) is 52.6 Å². The zero-order valence-electron chi connectivity index (χ0n) is 12.3. The van der Waals surface area contributed by atoms with E-state index in [9.17, 15) is 4.39 Å². The molecule has 1 aromatic carbocycles. The van der Waals surface area contributed by atoms with Crippen LogP contribution in [-0.4, -0.2) is 29.9 Å². The number of nitrogens with zero attached hydrogens (tertiary/aromatic N) is 5. The summed E-state index contributed by atoms with van der Waals surface area (Å²) in [4.78, 5) is 8.54. The molecule has 2 heterocycles. The maximum absolute atomic E-state index is 13.9. The van der Waals surface area contributed by atoms with Gasteiger partial charge in [0.25, 0.3) is 0 Å². The first kappa shape index (κ1) is 15.9. The first-order chi connectivity index (χ1) is 11.2. The van der Waals surface area contributed by atoms with Crippen molar-refractivity contribution in [3.63, 3.8) is 0 Å². The van der Waals surface area contributed by atoms with Gasteiger partial charge in [-0.3, -0.25) is 5.10 Å². The molecule has 9 heteroatoms. The number of thioether (sulfide) groups is 1. The van der Waals surface area contributed by atoms with E-state index < -0.39 is 0 Å². The van der Waals surface area contributed by atoms with Crippen molar-refractivity contribution in [2.75, 3.05) is 0 Å². The van der Waals surface area contributed by atoms with Crippen LogP contribution in [0.25, 0.3) is 0 Å². The average Bonchev–Trinajstić information content (AvgIpc) is 3.18. The minimum Gasteiger partial charge on any atom is -0.262 e. The van der Waals surface area contributed by atoms with Crippen LogP contribution in [0.5, 0.6) is 0 Å². The molecule has 0 fully saturated rings. The van der Waals surface area contributed by atoms with E-state index in [1.165, 1.54) is 24.2 Å². The van der Waals surface area contributed by atoms with E-state index in [0.29, 0.717) is 27.3 Å². The molecule has 6 nitrogen and oxygen atoms in total. The molecular weight excluding hydrogens is 339 g/mol. The largest absolute Gasteiger partial charge is 0.262 e. The minimum atomic E-state index is -0.354. The van der Waals surface area contributed by atoms with E-state index in [1.807, 2.05) is 6.92 Å². The maximum Gasteiger partial charge on any atom is 0.208 e. The smallest absolute Gasteiger partial charge is 0.208 e. The van der Waals surface area contributed by atoms with Crippen molar-refractivity contribution >= 4 is 23.4 Å². The fraction of sp³-hybridized carbons (Fsp3) is 0.286. The van der Waals surface area contributed by atoms with Crippen LogP contribution in [0.4, 0.5) is 4.39 Å². The molecule has 3 aromatic rings. The molecule has 0 aliphatic carbocycles. The third-order valence-corrected chi connectivity index (χ3v) is 4.44. The van der Waals surface area contributed by atoms with E-state index in [1.54, 1.807) is 16.8 Å². The Morgan fingerprint density at radius 1 is 1.39 bits per heavy atom. The van der Waals surface area contributed by atoms with Crippen molar-refractivity contribution in [2.24, 2.45) is 0 Å². The number of hydrogen-bond acceptors (Lipinski definition) is 5. The predicted octanol–water partition coefficient (Wildman–Crippen LogP) is 3.09. The number of aromatic nitrogens is 6. The van der Waals surface area contributed by atoms with Gasteiger partial charge in [-0.15, -0.1) is 5.10 Å². The summed E-state index contributed by atoms with van der Waals surface area (Å²) in [5.41, 5.74) is 0.400. The van der Waals surface area contributed by atoms with E-state index >= 15 is 0 Å². The third kappa shape index (κ3) is 3.70. The number of aromatic amines is 1. The van der Waals surface area contributed by atoms with Crippen molar-refractivity contribution in [3.8, 4) is 0 Å². The predicted molar refractivity (Wildman–Crippen MR) is 85.9 cm³/mol. The van der Waals surface area contributed by atoms with Crippen molar-refractivity contribution in [1.29, 1.82) is 0 Å². The van der Waals surface area contributed by atoms with Crippen molar-refractivity contribution in [2.45, 2.75) is 30.8 Å². The molecule has 0 atom stereocenters. The Labute approximate surface area is 141 Å². The number of hydrogen-bond donors (Lipinski definition) is 1. The summed E-state index contributed by atoms with van der Waals surface area (Å²) in [6, 6.07) is 4.62. The highest BCUT2D eigenvalue weighted by Crippen LogP contribution is 2.22. The fourth-order valence-corrected chi connectivity index (χ4v) is 2.98. The maximum atomic E-state index is 13.9. The van der Waals surface area contributed by atoms with Gasteiger partial charge in [-0.1, -0.05) is 36.4 Å². The van der Waals surface area contributed by atoms with Gasteiger partial charge in [0.05, 0.1) is 12.3 Å². The Balaban J connectivity index is 1.72. The number of rotatable bonds is 6. The van der Waals surface area contributed by atoms with E-state index in [2.05, 4.69) is 25.3 Å². The van der Waals surface area contributed by atoms with Gasteiger partial charge in [-0.2, -0.15) is 5.10 Å². The van der Waals surface area contributed by atoms with Crippen LogP contribution in [0, 0.1) is 5.82 Å². The number of aryl methyl sites for hydroxylation is 1. The molecule has 0 unspecified atom stereocenters.